The fourth-order valence-electron chi connectivity index (χ4n) is 1.84. The number of nitrogens with zero attached hydrogens (tertiary/aromatic N) is 3. The summed E-state index contributed by atoms with van der Waals surface area (Å²) in [5, 5.41) is 8.54. The van der Waals surface area contributed by atoms with Gasteiger partial charge in [-0.1, -0.05) is 0 Å². The SMILES string of the molecule is CN(C)C(=O)CN1CCN(S(=O)(=O)CCC(=O)O)CC1. The molecule has 1 aliphatic heterocycles. The first kappa shape index (κ1) is 16.9. The Morgan fingerprint density at radius 1 is 1.15 bits per heavy atom. The minimum atomic E-state index is -3.52. The van der Waals surface area contributed by atoms with Crippen LogP contribution in [0.5, 0.6) is 0 Å². The molecular formula is C11H21N3O5S. The molecule has 0 saturated carbocycles. The van der Waals surface area contributed by atoms with Crippen LogP contribution in [0.2, 0.25) is 0 Å². The normalized spacial score (nSPS) is 17.9. The summed E-state index contributed by atoms with van der Waals surface area (Å²) in [5.41, 5.74) is 0. The quantitative estimate of drug-likeness (QED) is 0.641. The summed E-state index contributed by atoms with van der Waals surface area (Å²) in [6, 6.07) is 0. The second-order valence-corrected chi connectivity index (χ2v) is 7.01. The molecule has 0 aromatic heterocycles. The van der Waals surface area contributed by atoms with E-state index < -0.39 is 16.0 Å². The third-order valence-electron chi connectivity index (χ3n) is 3.16. The minimum Gasteiger partial charge on any atom is -0.481 e. The molecule has 1 fully saturated rings. The van der Waals surface area contributed by atoms with E-state index in [-0.39, 0.29) is 24.6 Å². The molecule has 8 nitrogen and oxygen atoms in total. The van der Waals surface area contributed by atoms with Gasteiger partial charge in [-0.15, -0.1) is 0 Å². The molecule has 1 rings (SSSR count). The Morgan fingerprint density at radius 3 is 2.15 bits per heavy atom. The summed E-state index contributed by atoms with van der Waals surface area (Å²) in [6.45, 7) is 1.82. The number of amides is 1. The number of rotatable bonds is 6. The van der Waals surface area contributed by atoms with Gasteiger partial charge in [-0.3, -0.25) is 14.5 Å². The Morgan fingerprint density at radius 2 is 1.70 bits per heavy atom. The third kappa shape index (κ3) is 5.06. The topological polar surface area (TPSA) is 98.2 Å². The van der Waals surface area contributed by atoms with Crippen molar-refractivity contribution in [3.63, 3.8) is 0 Å². The highest BCUT2D eigenvalue weighted by Gasteiger charge is 2.28. The summed E-state index contributed by atoms with van der Waals surface area (Å²) in [6.07, 6.45) is -0.387. The van der Waals surface area contributed by atoms with Gasteiger partial charge < -0.3 is 10.0 Å². The summed E-state index contributed by atoms with van der Waals surface area (Å²) in [5.74, 6) is -1.52. The number of carboxylic acid groups (broad SMARTS) is 1. The second kappa shape index (κ2) is 7.00. The van der Waals surface area contributed by atoms with E-state index in [4.69, 9.17) is 5.11 Å². The van der Waals surface area contributed by atoms with Gasteiger partial charge in [0.15, 0.2) is 0 Å². The van der Waals surface area contributed by atoms with Crippen LogP contribution < -0.4 is 0 Å². The zero-order valence-electron chi connectivity index (χ0n) is 11.8. The van der Waals surface area contributed by atoms with Crippen LogP contribution >= 0.6 is 0 Å². The van der Waals surface area contributed by atoms with Crippen molar-refractivity contribution in [3.05, 3.63) is 0 Å². The van der Waals surface area contributed by atoms with Crippen LogP contribution in [0.15, 0.2) is 0 Å². The third-order valence-corrected chi connectivity index (χ3v) is 5.03. The zero-order valence-corrected chi connectivity index (χ0v) is 12.6. The van der Waals surface area contributed by atoms with E-state index in [1.165, 1.54) is 9.21 Å². The Balaban J connectivity index is 2.45. The molecule has 0 spiro atoms. The van der Waals surface area contributed by atoms with Crippen LogP contribution in [0.25, 0.3) is 0 Å². The Hall–Kier alpha value is -1.19. The molecule has 116 valence electrons. The second-order valence-electron chi connectivity index (χ2n) is 4.92. The standard InChI is InChI=1S/C11H21N3O5S/c1-12(2)10(15)9-13-4-6-14(7-5-13)20(18,19)8-3-11(16)17/h3-9H2,1-2H3,(H,16,17). The smallest absolute Gasteiger partial charge is 0.304 e. The molecule has 1 N–H and O–H groups in total. The lowest BCUT2D eigenvalue weighted by molar-refractivity contribution is -0.136. The Bertz CT molecular complexity index is 455. The molecule has 0 aromatic carbocycles. The zero-order chi connectivity index (χ0) is 15.3. The molecule has 0 aromatic rings. The van der Waals surface area contributed by atoms with E-state index in [1.54, 1.807) is 14.1 Å². The fourth-order valence-corrected chi connectivity index (χ4v) is 3.25. The van der Waals surface area contributed by atoms with Crippen molar-refractivity contribution in [2.24, 2.45) is 0 Å². The number of piperazine rings is 1. The van der Waals surface area contributed by atoms with Gasteiger partial charge in [-0.2, -0.15) is 4.31 Å². The van der Waals surface area contributed by atoms with Crippen molar-refractivity contribution in [3.8, 4) is 0 Å². The molecule has 0 radical (unpaired) electrons. The lowest BCUT2D eigenvalue weighted by atomic mass is 10.3. The molecule has 0 bridgehead atoms. The van der Waals surface area contributed by atoms with Crippen LogP contribution in [0, 0.1) is 0 Å². The maximum absolute atomic E-state index is 11.9. The molecule has 0 unspecified atom stereocenters. The van der Waals surface area contributed by atoms with Gasteiger partial charge in [-0.05, 0) is 0 Å². The van der Waals surface area contributed by atoms with Crippen LogP contribution in [-0.2, 0) is 19.6 Å². The predicted octanol–water partition coefficient (Wildman–Crippen LogP) is -1.50. The van der Waals surface area contributed by atoms with Crippen molar-refractivity contribution in [2.45, 2.75) is 6.42 Å². The number of carbonyl (C=O) groups is 2. The number of carbonyl (C=O) groups excluding carboxylic acids is 1. The summed E-state index contributed by atoms with van der Waals surface area (Å²) in [4.78, 5) is 25.4. The van der Waals surface area contributed by atoms with Crippen LogP contribution in [0.3, 0.4) is 0 Å². The van der Waals surface area contributed by atoms with E-state index in [1.807, 2.05) is 4.90 Å². The number of likely N-dealkylation sites (N-methyl/N-ethyl adjacent to an activating group) is 1. The van der Waals surface area contributed by atoms with Crippen molar-refractivity contribution < 1.29 is 23.1 Å². The number of aliphatic carboxylic acids is 1. The van der Waals surface area contributed by atoms with Gasteiger partial charge in [0.05, 0.1) is 18.7 Å². The van der Waals surface area contributed by atoms with Gasteiger partial charge in [0.2, 0.25) is 15.9 Å². The summed E-state index contributed by atoms with van der Waals surface area (Å²) in [7, 11) is -0.165. The summed E-state index contributed by atoms with van der Waals surface area (Å²) >= 11 is 0. The molecule has 1 aliphatic rings. The first-order chi connectivity index (χ1) is 9.22. The lowest BCUT2D eigenvalue weighted by Crippen LogP contribution is -2.51. The van der Waals surface area contributed by atoms with Gasteiger partial charge in [0.25, 0.3) is 0 Å². The van der Waals surface area contributed by atoms with Gasteiger partial charge in [0.1, 0.15) is 0 Å². The number of carboxylic acids is 1. The van der Waals surface area contributed by atoms with Crippen LogP contribution in [-0.4, -0.2) is 92.1 Å². The Kier molecular flexibility index (Phi) is 5.90. The molecular weight excluding hydrogens is 286 g/mol. The minimum absolute atomic E-state index is 0.0211. The lowest BCUT2D eigenvalue weighted by Gasteiger charge is -2.33. The van der Waals surface area contributed by atoms with E-state index in [0.29, 0.717) is 26.2 Å². The van der Waals surface area contributed by atoms with E-state index >= 15 is 0 Å². The highest BCUT2D eigenvalue weighted by molar-refractivity contribution is 7.89. The van der Waals surface area contributed by atoms with Crippen molar-refractivity contribution >= 4 is 21.9 Å². The first-order valence-corrected chi connectivity index (χ1v) is 7.95. The van der Waals surface area contributed by atoms with Gasteiger partial charge in [-0.25, -0.2) is 8.42 Å². The first-order valence-electron chi connectivity index (χ1n) is 6.34. The average molecular weight is 307 g/mol. The summed E-state index contributed by atoms with van der Waals surface area (Å²) < 4.78 is 25.1. The molecule has 1 heterocycles. The molecule has 20 heavy (non-hydrogen) atoms. The van der Waals surface area contributed by atoms with Crippen molar-refractivity contribution in [1.29, 1.82) is 0 Å². The molecule has 1 saturated heterocycles. The predicted molar refractivity (Wildman–Crippen MR) is 72.7 cm³/mol. The molecule has 1 amide bonds. The van der Waals surface area contributed by atoms with E-state index in [2.05, 4.69) is 0 Å². The number of sulfonamides is 1. The maximum atomic E-state index is 11.9. The number of hydrogen-bond donors (Lipinski definition) is 1. The fraction of sp³-hybridized carbons (Fsp3) is 0.818. The number of hydrogen-bond acceptors (Lipinski definition) is 5. The largest absolute Gasteiger partial charge is 0.481 e. The molecule has 9 heteroatoms. The Labute approximate surface area is 119 Å². The monoisotopic (exact) mass is 307 g/mol. The van der Waals surface area contributed by atoms with Crippen molar-refractivity contribution in [2.75, 3.05) is 52.6 Å². The van der Waals surface area contributed by atoms with E-state index in [9.17, 15) is 18.0 Å². The average Bonchev–Trinajstić information content (AvgIpc) is 2.37. The van der Waals surface area contributed by atoms with Gasteiger partial charge >= 0.3 is 5.97 Å². The van der Waals surface area contributed by atoms with Crippen LogP contribution in [0.1, 0.15) is 6.42 Å². The highest BCUT2D eigenvalue weighted by Crippen LogP contribution is 2.09. The highest BCUT2D eigenvalue weighted by atomic mass is 32.2. The van der Waals surface area contributed by atoms with Crippen molar-refractivity contribution in [1.82, 2.24) is 14.1 Å². The molecule has 0 aliphatic carbocycles. The van der Waals surface area contributed by atoms with E-state index in [0.717, 1.165) is 0 Å². The van der Waals surface area contributed by atoms with Gasteiger partial charge in [0, 0.05) is 40.3 Å². The maximum Gasteiger partial charge on any atom is 0.304 e. The molecule has 0 atom stereocenters. The van der Waals surface area contributed by atoms with Crippen LogP contribution in [0.4, 0.5) is 0 Å².